The predicted molar refractivity (Wildman–Crippen MR) is 160 cm³/mol. The van der Waals surface area contributed by atoms with Crippen LogP contribution in [0.2, 0.25) is 5.02 Å². The van der Waals surface area contributed by atoms with Gasteiger partial charge in [-0.1, -0.05) is 18.2 Å². The summed E-state index contributed by atoms with van der Waals surface area (Å²) in [4.78, 5) is 40.2. The predicted octanol–water partition coefficient (Wildman–Crippen LogP) is 3.19. The second-order valence-electron chi connectivity index (χ2n) is 10.3. The normalized spacial score (nSPS) is 19.9. The van der Waals surface area contributed by atoms with E-state index >= 15 is 0 Å². The lowest BCUT2D eigenvalue weighted by molar-refractivity contribution is -0.128. The number of amides is 2. The van der Waals surface area contributed by atoms with Crippen LogP contribution in [0.1, 0.15) is 18.9 Å². The first-order valence-corrected chi connectivity index (χ1v) is 14.0. The lowest BCUT2D eigenvalue weighted by Gasteiger charge is -2.21. The van der Waals surface area contributed by atoms with Crippen LogP contribution < -0.4 is 25.4 Å². The summed E-state index contributed by atoms with van der Waals surface area (Å²) in [6.45, 7) is 8.90. The van der Waals surface area contributed by atoms with E-state index in [1.165, 1.54) is 13.0 Å². The van der Waals surface area contributed by atoms with Crippen molar-refractivity contribution >= 4 is 46.1 Å². The highest BCUT2D eigenvalue weighted by atomic mass is 35.5. The third kappa shape index (κ3) is 5.90. The zero-order valence-corrected chi connectivity index (χ0v) is 24.7. The zero-order valence-electron chi connectivity index (χ0n) is 24.0. The molecule has 2 saturated heterocycles. The Hall–Kier alpha value is -4.16. The Balaban J connectivity index is 1.56. The van der Waals surface area contributed by atoms with Gasteiger partial charge in [-0.25, -0.2) is 15.0 Å². The number of halogens is 1. The number of hydrogen-bond acceptors (Lipinski definition) is 10. The third-order valence-electron chi connectivity index (χ3n) is 7.57. The molecule has 2 aliphatic rings. The Kier molecular flexibility index (Phi) is 8.64. The van der Waals surface area contributed by atoms with Crippen molar-refractivity contribution < 1.29 is 23.8 Å². The zero-order chi connectivity index (χ0) is 30.0. The molecule has 0 radical (unpaired) electrons. The van der Waals surface area contributed by atoms with Gasteiger partial charge in [0.2, 0.25) is 17.8 Å². The molecule has 2 fully saturated rings. The first-order valence-electron chi connectivity index (χ1n) is 13.6. The molecule has 3 atom stereocenters. The van der Waals surface area contributed by atoms with E-state index in [9.17, 15) is 9.59 Å². The highest BCUT2D eigenvalue weighted by Crippen LogP contribution is 2.43. The number of carbonyl (C=O) groups excluding carboxylic acids is 2. The Labute approximate surface area is 248 Å². The number of nitrogens with zero attached hydrogens (tertiary/aromatic N) is 4. The van der Waals surface area contributed by atoms with Crippen LogP contribution in [0.4, 0.5) is 11.8 Å². The Morgan fingerprint density at radius 1 is 1.14 bits per heavy atom. The van der Waals surface area contributed by atoms with Crippen LogP contribution in [-0.2, 0) is 14.3 Å². The summed E-state index contributed by atoms with van der Waals surface area (Å²) in [5.74, 6) is 1.59. The summed E-state index contributed by atoms with van der Waals surface area (Å²) in [6.07, 6.45) is 3.74. The number of benzene rings is 1. The number of anilines is 2. The molecule has 12 nitrogen and oxygen atoms in total. The Bertz CT molecular complexity index is 1500. The van der Waals surface area contributed by atoms with E-state index in [1.807, 2.05) is 13.0 Å². The minimum Gasteiger partial charge on any atom is -0.496 e. The number of methoxy groups -OCH3 is 2. The van der Waals surface area contributed by atoms with Gasteiger partial charge in [0.1, 0.15) is 17.0 Å². The van der Waals surface area contributed by atoms with Gasteiger partial charge in [-0.15, -0.1) is 0 Å². The van der Waals surface area contributed by atoms with E-state index in [0.29, 0.717) is 71.4 Å². The van der Waals surface area contributed by atoms with Crippen molar-refractivity contribution in [3.63, 3.8) is 0 Å². The number of nitrogens with one attached hydrogen (secondary N) is 3. The highest BCUT2D eigenvalue weighted by Gasteiger charge is 2.35. The first-order chi connectivity index (χ1) is 20.2. The van der Waals surface area contributed by atoms with Crippen molar-refractivity contribution in [1.29, 1.82) is 0 Å². The number of ether oxygens (including phenoxy) is 3. The maximum atomic E-state index is 12.1. The molecular formula is C29H34ClN7O5. The van der Waals surface area contributed by atoms with Crippen molar-refractivity contribution in [3.8, 4) is 22.8 Å². The van der Waals surface area contributed by atoms with E-state index < -0.39 is 0 Å². The third-order valence-corrected chi connectivity index (χ3v) is 7.94. The van der Waals surface area contributed by atoms with Gasteiger partial charge in [0.15, 0.2) is 5.82 Å². The number of aromatic nitrogens is 3. The quantitative estimate of drug-likeness (QED) is 0.316. The molecule has 0 aliphatic carbocycles. The fourth-order valence-electron chi connectivity index (χ4n) is 5.31. The van der Waals surface area contributed by atoms with Crippen molar-refractivity contribution in [2.75, 3.05) is 51.2 Å². The largest absolute Gasteiger partial charge is 0.496 e. The maximum Gasteiger partial charge on any atom is 0.243 e. The summed E-state index contributed by atoms with van der Waals surface area (Å²) in [7, 11) is 3.15. The lowest BCUT2D eigenvalue weighted by Crippen LogP contribution is -2.45. The smallest absolute Gasteiger partial charge is 0.243 e. The average molecular weight is 596 g/mol. The summed E-state index contributed by atoms with van der Waals surface area (Å²) in [5.41, 5.74) is 2.69. The lowest BCUT2D eigenvalue weighted by atomic mass is 10.0. The SMILES string of the molecule is C=CC(=O)N[C@H]1CN(C(C)=O)C[C@H]1Nc1ncc2cc(-c3c(C)c(OC)cc(OC)c3Cl)nc(NC3CCOC3)c2n1. The van der Waals surface area contributed by atoms with Gasteiger partial charge in [0.25, 0.3) is 0 Å². The molecule has 1 aromatic carbocycles. The van der Waals surface area contributed by atoms with Gasteiger partial charge in [-0.05, 0) is 25.5 Å². The maximum absolute atomic E-state index is 12.1. The Morgan fingerprint density at radius 3 is 2.57 bits per heavy atom. The molecule has 222 valence electrons. The topological polar surface area (TPSA) is 140 Å². The van der Waals surface area contributed by atoms with Crippen LogP contribution in [0.5, 0.6) is 11.5 Å². The van der Waals surface area contributed by atoms with Crippen molar-refractivity contribution in [1.82, 2.24) is 25.2 Å². The van der Waals surface area contributed by atoms with Gasteiger partial charge in [0, 0.05) is 55.4 Å². The van der Waals surface area contributed by atoms with Gasteiger partial charge in [-0.3, -0.25) is 9.59 Å². The van der Waals surface area contributed by atoms with Crippen molar-refractivity contribution in [2.24, 2.45) is 0 Å². The van der Waals surface area contributed by atoms with Crippen LogP contribution in [0.25, 0.3) is 22.2 Å². The van der Waals surface area contributed by atoms with E-state index in [0.717, 1.165) is 17.4 Å². The number of pyridine rings is 1. The summed E-state index contributed by atoms with van der Waals surface area (Å²) in [6, 6.07) is 3.02. The summed E-state index contributed by atoms with van der Waals surface area (Å²) >= 11 is 6.80. The molecule has 3 N–H and O–H groups in total. The Morgan fingerprint density at radius 2 is 1.90 bits per heavy atom. The van der Waals surface area contributed by atoms with Gasteiger partial charge in [0.05, 0.1) is 49.7 Å². The standard InChI is InChI=1S/C29H34ClN7O5/c1-6-24(39)33-20-12-37(16(3)38)13-21(20)35-29-31-11-17-9-19(25-15(2)22(40-4)10-23(41-5)26(25)30)34-28(27(17)36-29)32-18-7-8-42-14-18/h6,9-11,18,20-21H,1,7-8,12-14H2,2-5H3,(H,32,34)(H,33,39)(H,31,35,36)/t18?,20-,21+/m0/s1. The van der Waals surface area contributed by atoms with Crippen LogP contribution in [0, 0.1) is 6.92 Å². The molecule has 1 unspecified atom stereocenters. The number of likely N-dealkylation sites (tertiary alicyclic amines) is 1. The number of rotatable bonds is 9. The minimum absolute atomic E-state index is 0.0520. The fraction of sp³-hybridized carbons (Fsp3) is 0.414. The molecule has 0 bridgehead atoms. The fourth-order valence-corrected chi connectivity index (χ4v) is 5.68. The molecular weight excluding hydrogens is 562 g/mol. The molecule has 4 heterocycles. The number of hydrogen-bond donors (Lipinski definition) is 3. The van der Waals surface area contributed by atoms with Crippen molar-refractivity contribution in [3.05, 3.63) is 41.6 Å². The number of carbonyl (C=O) groups is 2. The molecule has 42 heavy (non-hydrogen) atoms. The monoisotopic (exact) mass is 595 g/mol. The molecule has 5 rings (SSSR count). The minimum atomic E-state index is -0.347. The highest BCUT2D eigenvalue weighted by molar-refractivity contribution is 6.35. The average Bonchev–Trinajstić information content (AvgIpc) is 3.63. The molecule has 13 heteroatoms. The second-order valence-corrected chi connectivity index (χ2v) is 10.7. The molecule has 2 aromatic heterocycles. The first kappa shape index (κ1) is 29.3. The van der Waals surface area contributed by atoms with Crippen LogP contribution in [-0.4, -0.2) is 90.3 Å². The summed E-state index contributed by atoms with van der Waals surface area (Å²) < 4.78 is 16.7. The molecule has 0 spiro atoms. The van der Waals surface area contributed by atoms with Gasteiger partial charge >= 0.3 is 0 Å². The molecule has 2 amide bonds. The summed E-state index contributed by atoms with van der Waals surface area (Å²) in [5, 5.41) is 10.9. The van der Waals surface area contributed by atoms with E-state index in [-0.39, 0.29) is 29.9 Å². The van der Waals surface area contributed by atoms with Gasteiger partial charge in [-0.2, -0.15) is 0 Å². The van der Waals surface area contributed by atoms with Crippen LogP contribution >= 0.6 is 11.6 Å². The van der Waals surface area contributed by atoms with Crippen LogP contribution in [0.15, 0.2) is 31.0 Å². The molecule has 2 aliphatic heterocycles. The van der Waals surface area contributed by atoms with Crippen LogP contribution in [0.3, 0.4) is 0 Å². The number of fused-ring (bicyclic) bond motifs is 1. The van der Waals surface area contributed by atoms with E-state index in [4.69, 9.17) is 35.8 Å². The molecule has 0 saturated carbocycles. The van der Waals surface area contributed by atoms with E-state index in [1.54, 1.807) is 31.4 Å². The molecule has 3 aromatic rings. The second kappa shape index (κ2) is 12.4. The van der Waals surface area contributed by atoms with E-state index in [2.05, 4.69) is 27.5 Å². The van der Waals surface area contributed by atoms with Gasteiger partial charge < -0.3 is 35.1 Å². The van der Waals surface area contributed by atoms with Crippen molar-refractivity contribution in [2.45, 2.75) is 38.4 Å².